The molecule has 0 saturated heterocycles. The number of anilines is 1. The third-order valence-electron chi connectivity index (χ3n) is 5.24. The van der Waals surface area contributed by atoms with E-state index in [4.69, 9.17) is 11.6 Å². The van der Waals surface area contributed by atoms with Crippen molar-refractivity contribution in [2.75, 3.05) is 18.0 Å². The maximum atomic E-state index is 12.9. The van der Waals surface area contributed by atoms with E-state index >= 15 is 0 Å². The van der Waals surface area contributed by atoms with Gasteiger partial charge >= 0.3 is 6.18 Å². The number of amides is 1. The number of rotatable bonds is 11. The van der Waals surface area contributed by atoms with Gasteiger partial charge in [-0.3, -0.25) is 4.79 Å². The van der Waals surface area contributed by atoms with Crippen LogP contribution >= 0.6 is 23.4 Å². The smallest absolute Gasteiger partial charge is 0.356 e. The number of aromatic nitrogens is 2. The molecule has 3 rings (SSSR count). The fraction of sp³-hybridized carbons (Fsp3) is 0.346. The van der Waals surface area contributed by atoms with Crippen molar-refractivity contribution in [3.8, 4) is 0 Å². The van der Waals surface area contributed by atoms with Crippen molar-refractivity contribution in [3.63, 3.8) is 0 Å². The highest BCUT2D eigenvalue weighted by Crippen LogP contribution is 2.29. The summed E-state index contributed by atoms with van der Waals surface area (Å²) in [7, 11) is 0. The second-order valence-corrected chi connectivity index (χ2v) is 9.52. The van der Waals surface area contributed by atoms with Gasteiger partial charge in [0.1, 0.15) is 11.0 Å². The van der Waals surface area contributed by atoms with Gasteiger partial charge in [0.05, 0.1) is 5.56 Å². The maximum absolute atomic E-state index is 12.9. The zero-order chi connectivity index (χ0) is 26.1. The number of alkyl halides is 3. The van der Waals surface area contributed by atoms with Crippen LogP contribution in [0.1, 0.15) is 53.7 Å². The average Bonchev–Trinajstić information content (AvgIpc) is 2.85. The highest BCUT2D eigenvalue weighted by molar-refractivity contribution is 7.98. The minimum atomic E-state index is -4.43. The van der Waals surface area contributed by atoms with Gasteiger partial charge in [-0.1, -0.05) is 61.5 Å². The first-order valence-corrected chi connectivity index (χ1v) is 13.0. The van der Waals surface area contributed by atoms with E-state index in [0.717, 1.165) is 49.4 Å². The van der Waals surface area contributed by atoms with E-state index in [1.54, 1.807) is 30.3 Å². The Hall–Kier alpha value is -2.78. The van der Waals surface area contributed by atoms with Crippen LogP contribution in [0.4, 0.5) is 19.0 Å². The van der Waals surface area contributed by atoms with Gasteiger partial charge in [0, 0.05) is 37.0 Å². The van der Waals surface area contributed by atoms with E-state index in [-0.39, 0.29) is 12.5 Å². The maximum Gasteiger partial charge on any atom is 0.416 e. The standard InChI is InChI=1S/C26H28ClF3N4OS/c1-3-11-34(12-4-2)23-15-22(27)32-25(33-23)36-17-19-8-5-9-20(13-19)24(35)31-16-18-7-6-10-21(14-18)26(28,29)30/h5-10,13-15H,3-4,11-12,16-17H2,1-2H3,(H,31,35). The normalized spacial score (nSPS) is 11.4. The van der Waals surface area contributed by atoms with Crippen molar-refractivity contribution in [2.24, 2.45) is 0 Å². The molecule has 0 radical (unpaired) electrons. The number of nitrogens with zero attached hydrogens (tertiary/aromatic N) is 3. The number of hydrogen-bond acceptors (Lipinski definition) is 5. The largest absolute Gasteiger partial charge is 0.416 e. The lowest BCUT2D eigenvalue weighted by Crippen LogP contribution is -2.26. The molecule has 0 bridgehead atoms. The topological polar surface area (TPSA) is 58.1 Å². The molecule has 0 spiro atoms. The predicted molar refractivity (Wildman–Crippen MR) is 138 cm³/mol. The summed E-state index contributed by atoms with van der Waals surface area (Å²) >= 11 is 7.67. The third-order valence-corrected chi connectivity index (χ3v) is 6.35. The fourth-order valence-electron chi connectivity index (χ4n) is 3.58. The number of carbonyl (C=O) groups excluding carboxylic acids is 1. The van der Waals surface area contributed by atoms with E-state index < -0.39 is 11.7 Å². The van der Waals surface area contributed by atoms with Crippen LogP contribution in [-0.4, -0.2) is 29.0 Å². The molecule has 1 aromatic heterocycles. The number of thioether (sulfide) groups is 1. The van der Waals surface area contributed by atoms with Crippen LogP contribution in [0, 0.1) is 0 Å². The van der Waals surface area contributed by atoms with E-state index in [9.17, 15) is 18.0 Å². The summed E-state index contributed by atoms with van der Waals surface area (Å²) in [6, 6.07) is 13.8. The molecule has 3 aromatic rings. The van der Waals surface area contributed by atoms with Gasteiger partial charge in [0.2, 0.25) is 0 Å². The summed E-state index contributed by atoms with van der Waals surface area (Å²) in [6.07, 6.45) is -2.44. The van der Waals surface area contributed by atoms with Crippen LogP contribution < -0.4 is 10.2 Å². The summed E-state index contributed by atoms with van der Waals surface area (Å²) in [5.74, 6) is 0.954. The summed E-state index contributed by atoms with van der Waals surface area (Å²) in [5.41, 5.74) is 0.937. The van der Waals surface area contributed by atoms with Crippen molar-refractivity contribution in [1.82, 2.24) is 15.3 Å². The van der Waals surface area contributed by atoms with Crippen LogP contribution in [0.5, 0.6) is 0 Å². The van der Waals surface area contributed by atoms with E-state index in [2.05, 4.69) is 34.0 Å². The van der Waals surface area contributed by atoms with Crippen molar-refractivity contribution in [1.29, 1.82) is 0 Å². The van der Waals surface area contributed by atoms with E-state index in [1.165, 1.54) is 17.8 Å². The predicted octanol–water partition coefficient (Wildman–Crippen LogP) is 7.00. The first kappa shape index (κ1) is 27.8. The molecule has 36 heavy (non-hydrogen) atoms. The van der Waals surface area contributed by atoms with Gasteiger partial charge in [0.15, 0.2) is 5.16 Å². The number of benzene rings is 2. The second-order valence-electron chi connectivity index (χ2n) is 8.19. The number of nitrogens with one attached hydrogen (secondary N) is 1. The Bertz CT molecular complexity index is 1170. The molecule has 0 fully saturated rings. The molecule has 192 valence electrons. The SMILES string of the molecule is CCCN(CCC)c1cc(Cl)nc(SCc2cccc(C(=O)NCc3cccc(C(F)(F)F)c3)c2)n1. The van der Waals surface area contributed by atoms with Crippen LogP contribution in [-0.2, 0) is 18.5 Å². The van der Waals surface area contributed by atoms with Crippen LogP contribution in [0.15, 0.2) is 59.8 Å². The molecule has 0 aliphatic carbocycles. The molecule has 0 unspecified atom stereocenters. The Morgan fingerprint density at radius 3 is 2.39 bits per heavy atom. The first-order valence-electron chi connectivity index (χ1n) is 11.6. The number of halogens is 4. The Kier molecular flexibility index (Phi) is 10.0. The molecule has 0 aliphatic rings. The molecule has 1 amide bonds. The Balaban J connectivity index is 1.64. The minimum absolute atomic E-state index is 0.00706. The number of hydrogen-bond donors (Lipinski definition) is 1. The lowest BCUT2D eigenvalue weighted by molar-refractivity contribution is -0.137. The van der Waals surface area contributed by atoms with Crippen LogP contribution in [0.3, 0.4) is 0 Å². The molecular formula is C26H28ClF3N4OS. The quantitative estimate of drug-likeness (QED) is 0.162. The zero-order valence-electron chi connectivity index (χ0n) is 20.1. The molecular weight excluding hydrogens is 509 g/mol. The monoisotopic (exact) mass is 536 g/mol. The van der Waals surface area contributed by atoms with Gasteiger partial charge < -0.3 is 10.2 Å². The van der Waals surface area contributed by atoms with Crippen LogP contribution in [0.2, 0.25) is 5.15 Å². The first-order chi connectivity index (χ1) is 17.2. The van der Waals surface area contributed by atoms with Crippen molar-refractivity contribution < 1.29 is 18.0 Å². The van der Waals surface area contributed by atoms with Gasteiger partial charge in [-0.05, 0) is 48.2 Å². The molecule has 0 saturated carbocycles. The Morgan fingerprint density at radius 1 is 1.00 bits per heavy atom. The minimum Gasteiger partial charge on any atom is -0.356 e. The van der Waals surface area contributed by atoms with Crippen LogP contribution in [0.25, 0.3) is 0 Å². The fourth-order valence-corrected chi connectivity index (χ4v) is 4.61. The second kappa shape index (κ2) is 13.0. The van der Waals surface area contributed by atoms with Gasteiger partial charge in [-0.25, -0.2) is 9.97 Å². The average molecular weight is 537 g/mol. The van der Waals surface area contributed by atoms with Crippen molar-refractivity contribution in [2.45, 2.75) is 50.3 Å². The highest BCUT2D eigenvalue weighted by Gasteiger charge is 2.30. The summed E-state index contributed by atoms with van der Waals surface area (Å²) in [4.78, 5) is 23.8. The number of carbonyl (C=O) groups is 1. The summed E-state index contributed by atoms with van der Waals surface area (Å²) in [5, 5.41) is 3.61. The summed E-state index contributed by atoms with van der Waals surface area (Å²) in [6.45, 7) is 5.98. The molecule has 1 heterocycles. The molecule has 1 N–H and O–H groups in total. The third kappa shape index (κ3) is 8.13. The zero-order valence-corrected chi connectivity index (χ0v) is 21.7. The lowest BCUT2D eigenvalue weighted by atomic mass is 10.1. The molecule has 0 atom stereocenters. The Labute approximate surface area is 218 Å². The van der Waals surface area contributed by atoms with Gasteiger partial charge in [-0.2, -0.15) is 13.2 Å². The summed E-state index contributed by atoms with van der Waals surface area (Å²) < 4.78 is 38.7. The van der Waals surface area contributed by atoms with Gasteiger partial charge in [0.25, 0.3) is 5.91 Å². The molecule has 5 nitrogen and oxygen atoms in total. The van der Waals surface area contributed by atoms with E-state index in [0.29, 0.717) is 27.2 Å². The van der Waals surface area contributed by atoms with Gasteiger partial charge in [-0.15, -0.1) is 0 Å². The Morgan fingerprint density at radius 2 is 1.69 bits per heavy atom. The molecule has 0 aliphatic heterocycles. The lowest BCUT2D eigenvalue weighted by Gasteiger charge is -2.22. The van der Waals surface area contributed by atoms with Crippen molar-refractivity contribution >= 4 is 35.1 Å². The molecule has 2 aromatic carbocycles. The van der Waals surface area contributed by atoms with Crippen molar-refractivity contribution in [3.05, 3.63) is 82.0 Å². The molecule has 10 heteroatoms. The highest BCUT2D eigenvalue weighted by atomic mass is 35.5. The van der Waals surface area contributed by atoms with E-state index in [1.807, 2.05) is 6.07 Å².